The second-order valence-electron chi connectivity index (χ2n) is 12.1. The van der Waals surface area contributed by atoms with E-state index < -0.39 is 5.82 Å². The Labute approximate surface area is 266 Å². The number of likely N-dealkylation sites (tertiary alicyclic amines) is 1. The van der Waals surface area contributed by atoms with Crippen molar-refractivity contribution >= 4 is 33.4 Å². The number of hydrogen-bond donors (Lipinski definition) is 2. The number of nitrogens with zero attached hydrogens (tertiary/aromatic N) is 4. The van der Waals surface area contributed by atoms with Gasteiger partial charge >= 0.3 is 6.03 Å². The Balaban J connectivity index is 1.06. The van der Waals surface area contributed by atoms with Crippen LogP contribution in [0.15, 0.2) is 54.9 Å². The van der Waals surface area contributed by atoms with E-state index >= 15 is 0 Å². The van der Waals surface area contributed by atoms with Crippen molar-refractivity contribution in [2.45, 2.75) is 51.1 Å². The molecule has 9 nitrogen and oxygen atoms in total. The number of aromatic nitrogens is 2. The van der Waals surface area contributed by atoms with Crippen LogP contribution in [0.5, 0.6) is 11.5 Å². The number of likely N-dealkylation sites (N-methyl/N-ethyl adjacent to an activating group) is 1. The standard InChI is InChI=1S/C34H38FN5O4S/c1-39(14-15-41)34(43)38-25-9-12-40(13-10-25)21-24-4-6-28(37-20-24)32-19-29-33(45-32)31(8-11-36-29)44-30-7-5-23(18-27(30)35)17-26(42)16-22-2-3-22/h4-8,11,18-20,22,25,41H,2-3,9-10,12-17,21H2,1H3,(H,38,43). The van der Waals surface area contributed by atoms with E-state index in [0.29, 0.717) is 30.2 Å². The molecule has 0 unspecified atom stereocenters. The first-order chi connectivity index (χ1) is 21.8. The molecule has 2 N–H and O–H groups in total. The minimum atomic E-state index is -0.495. The van der Waals surface area contributed by atoms with Gasteiger partial charge in [-0.2, -0.15) is 0 Å². The van der Waals surface area contributed by atoms with Gasteiger partial charge in [0, 0.05) is 70.6 Å². The van der Waals surface area contributed by atoms with Crippen LogP contribution < -0.4 is 10.1 Å². The van der Waals surface area contributed by atoms with Gasteiger partial charge in [-0.05, 0) is 67.0 Å². The SMILES string of the molecule is CN(CCO)C(=O)NC1CCN(Cc2ccc(-c3cc4nccc(Oc5ccc(CC(=O)CC6CC6)cc5F)c4s3)nc2)CC1. The molecule has 1 aliphatic heterocycles. The number of halogens is 1. The zero-order chi connectivity index (χ0) is 31.3. The lowest BCUT2D eigenvalue weighted by Crippen LogP contribution is -2.48. The van der Waals surface area contributed by atoms with Crippen molar-refractivity contribution in [1.29, 1.82) is 0 Å². The molecule has 2 aliphatic rings. The number of ether oxygens (including phenoxy) is 1. The zero-order valence-electron chi connectivity index (χ0n) is 25.4. The average molecular weight is 632 g/mol. The second kappa shape index (κ2) is 14.0. The number of thiophene rings is 1. The summed E-state index contributed by atoms with van der Waals surface area (Å²) in [5.74, 6) is 0.805. The Bertz CT molecular complexity index is 1650. The van der Waals surface area contributed by atoms with Crippen LogP contribution in [-0.4, -0.2) is 76.0 Å². The van der Waals surface area contributed by atoms with Crippen molar-refractivity contribution in [3.63, 3.8) is 0 Å². The van der Waals surface area contributed by atoms with Crippen molar-refractivity contribution in [3.8, 4) is 22.1 Å². The van der Waals surface area contributed by atoms with Crippen molar-refractivity contribution < 1.29 is 23.8 Å². The number of carbonyl (C=O) groups is 2. The number of aliphatic hydroxyl groups excluding tert-OH is 1. The van der Waals surface area contributed by atoms with Crippen LogP contribution in [-0.2, 0) is 17.8 Å². The van der Waals surface area contributed by atoms with Gasteiger partial charge in [0.25, 0.3) is 0 Å². The van der Waals surface area contributed by atoms with E-state index in [1.165, 1.54) is 22.3 Å². The quantitative estimate of drug-likeness (QED) is 0.204. The first-order valence-corrected chi connectivity index (χ1v) is 16.3. The van der Waals surface area contributed by atoms with E-state index in [-0.39, 0.29) is 36.6 Å². The van der Waals surface area contributed by atoms with Crippen LogP contribution in [0.1, 0.15) is 43.2 Å². The molecule has 0 atom stereocenters. The molecule has 4 heterocycles. The molecule has 236 valence electrons. The van der Waals surface area contributed by atoms with E-state index in [0.717, 1.165) is 71.7 Å². The largest absolute Gasteiger partial charge is 0.453 e. The summed E-state index contributed by atoms with van der Waals surface area (Å²) in [7, 11) is 1.68. The van der Waals surface area contributed by atoms with Gasteiger partial charge in [0.15, 0.2) is 11.6 Å². The number of benzene rings is 1. The van der Waals surface area contributed by atoms with Crippen LogP contribution in [0.3, 0.4) is 0 Å². The highest BCUT2D eigenvalue weighted by Gasteiger charge is 2.25. The molecule has 2 fully saturated rings. The number of fused-ring (bicyclic) bond motifs is 1. The maximum Gasteiger partial charge on any atom is 0.317 e. The van der Waals surface area contributed by atoms with Gasteiger partial charge in [0.05, 0.1) is 27.4 Å². The molecule has 1 saturated carbocycles. The third kappa shape index (κ3) is 8.02. The summed E-state index contributed by atoms with van der Waals surface area (Å²) in [5, 5.41) is 12.1. The smallest absolute Gasteiger partial charge is 0.317 e. The molecule has 3 aromatic heterocycles. The summed E-state index contributed by atoms with van der Waals surface area (Å²) >= 11 is 1.50. The van der Waals surface area contributed by atoms with Crippen LogP contribution >= 0.6 is 11.3 Å². The van der Waals surface area contributed by atoms with Crippen LogP contribution in [0, 0.1) is 11.7 Å². The topological polar surface area (TPSA) is 108 Å². The number of hydrogen-bond acceptors (Lipinski definition) is 8. The predicted octanol–water partition coefficient (Wildman–Crippen LogP) is 5.80. The Kier molecular flexibility index (Phi) is 9.67. The van der Waals surface area contributed by atoms with Gasteiger partial charge in [-0.3, -0.25) is 19.7 Å². The molecule has 0 bridgehead atoms. The van der Waals surface area contributed by atoms with Gasteiger partial charge in [0.1, 0.15) is 11.5 Å². The minimum absolute atomic E-state index is 0.0493. The van der Waals surface area contributed by atoms with Gasteiger partial charge in [-0.25, -0.2) is 9.18 Å². The number of nitrogens with one attached hydrogen (secondary N) is 1. The van der Waals surface area contributed by atoms with Crippen molar-refractivity contribution in [2.24, 2.45) is 5.92 Å². The van der Waals surface area contributed by atoms with Gasteiger partial charge < -0.3 is 20.1 Å². The first kappa shape index (κ1) is 31.1. The Morgan fingerprint density at radius 2 is 1.87 bits per heavy atom. The molecular weight excluding hydrogens is 593 g/mol. The van der Waals surface area contributed by atoms with Gasteiger partial charge in [-0.15, -0.1) is 11.3 Å². The number of ketones is 1. The maximum absolute atomic E-state index is 15.0. The van der Waals surface area contributed by atoms with Crippen molar-refractivity contribution in [3.05, 3.63) is 71.8 Å². The predicted molar refractivity (Wildman–Crippen MR) is 172 cm³/mol. The van der Waals surface area contributed by atoms with Crippen molar-refractivity contribution in [2.75, 3.05) is 33.3 Å². The molecule has 45 heavy (non-hydrogen) atoms. The fraction of sp³-hybridized carbons (Fsp3) is 0.412. The lowest BCUT2D eigenvalue weighted by molar-refractivity contribution is -0.118. The summed E-state index contributed by atoms with van der Waals surface area (Å²) in [6.07, 6.45) is 8.36. The molecule has 0 radical (unpaired) electrons. The average Bonchev–Trinajstić information content (AvgIpc) is 3.73. The van der Waals surface area contributed by atoms with Crippen LogP contribution in [0.2, 0.25) is 0 Å². The Morgan fingerprint density at radius 3 is 2.58 bits per heavy atom. The molecule has 4 aromatic rings. The fourth-order valence-corrected chi connectivity index (χ4v) is 6.66. The summed E-state index contributed by atoms with van der Waals surface area (Å²) in [6, 6.07) is 12.5. The number of amides is 2. The number of pyridine rings is 2. The summed E-state index contributed by atoms with van der Waals surface area (Å²) in [6.45, 7) is 2.81. The van der Waals surface area contributed by atoms with Crippen LogP contribution in [0.4, 0.5) is 9.18 Å². The molecule has 0 spiro atoms. The van der Waals surface area contributed by atoms with Crippen LogP contribution in [0.25, 0.3) is 20.8 Å². The van der Waals surface area contributed by atoms with E-state index in [1.54, 1.807) is 31.4 Å². The molecule has 1 saturated heterocycles. The third-order valence-corrected chi connectivity index (χ3v) is 9.55. The zero-order valence-corrected chi connectivity index (χ0v) is 26.2. The number of urea groups is 1. The highest BCUT2D eigenvalue weighted by atomic mass is 32.1. The summed E-state index contributed by atoms with van der Waals surface area (Å²) < 4.78 is 21.8. The number of aliphatic hydroxyl groups is 1. The molecular formula is C34H38FN5O4S. The third-order valence-electron chi connectivity index (χ3n) is 8.39. The molecule has 2 amide bonds. The molecule has 1 aromatic carbocycles. The number of piperidine rings is 1. The maximum atomic E-state index is 15.0. The minimum Gasteiger partial charge on any atom is -0.453 e. The highest BCUT2D eigenvalue weighted by molar-refractivity contribution is 7.22. The summed E-state index contributed by atoms with van der Waals surface area (Å²) in [4.78, 5) is 38.4. The molecule has 6 rings (SSSR count). The monoisotopic (exact) mass is 631 g/mol. The van der Waals surface area contributed by atoms with E-state index in [2.05, 4.69) is 21.3 Å². The van der Waals surface area contributed by atoms with E-state index in [1.807, 2.05) is 18.3 Å². The lowest BCUT2D eigenvalue weighted by Gasteiger charge is -2.33. The van der Waals surface area contributed by atoms with E-state index in [4.69, 9.17) is 14.8 Å². The first-order valence-electron chi connectivity index (χ1n) is 15.5. The normalized spacial score (nSPS) is 15.7. The summed E-state index contributed by atoms with van der Waals surface area (Å²) in [5.41, 5.74) is 3.35. The number of rotatable bonds is 12. The number of carbonyl (C=O) groups excluding carboxylic acids is 2. The van der Waals surface area contributed by atoms with E-state index in [9.17, 15) is 14.0 Å². The van der Waals surface area contributed by atoms with Gasteiger partial charge in [-0.1, -0.05) is 12.1 Å². The fourth-order valence-electron chi connectivity index (χ4n) is 5.61. The van der Waals surface area contributed by atoms with Gasteiger partial charge in [0.2, 0.25) is 0 Å². The Hall–Kier alpha value is -3.93. The second-order valence-corrected chi connectivity index (χ2v) is 13.1. The number of Topliss-reactive ketones (excluding diaryl/α,β-unsaturated/α-hetero) is 1. The van der Waals surface area contributed by atoms with Crippen molar-refractivity contribution in [1.82, 2.24) is 25.1 Å². The Morgan fingerprint density at radius 1 is 1.07 bits per heavy atom. The molecule has 11 heteroatoms. The highest BCUT2D eigenvalue weighted by Crippen LogP contribution is 2.39. The molecule has 1 aliphatic carbocycles. The lowest BCUT2D eigenvalue weighted by atomic mass is 10.0.